The van der Waals surface area contributed by atoms with Crippen LogP contribution in [0.15, 0.2) is 42.5 Å². The van der Waals surface area contributed by atoms with Gasteiger partial charge in [-0.1, -0.05) is 18.2 Å². The maximum atomic E-state index is 13.7. The number of carbonyl (C=O) groups is 1. The monoisotopic (exact) mass is 345 g/mol. The third kappa shape index (κ3) is 4.99. The van der Waals surface area contributed by atoms with Crippen molar-refractivity contribution in [1.29, 1.82) is 5.26 Å². The molecule has 130 valence electrons. The molecule has 7 heteroatoms. The first-order valence-electron chi connectivity index (χ1n) is 7.50. The maximum Gasteiger partial charge on any atom is 0.315 e. The number of aliphatic hydroxyl groups is 1. The number of hydrogen-bond acceptors (Lipinski definition) is 3. The number of nitrogens with zero attached hydrogens (tertiary/aromatic N) is 1. The fourth-order valence-electron chi connectivity index (χ4n) is 2.16. The maximum absolute atomic E-state index is 13.7. The zero-order valence-electron chi connectivity index (χ0n) is 13.5. The van der Waals surface area contributed by atoms with E-state index in [1.165, 1.54) is 43.3 Å². The predicted octanol–water partition coefficient (Wildman–Crippen LogP) is 2.54. The number of urea groups is 1. The van der Waals surface area contributed by atoms with Gasteiger partial charge in [0.05, 0.1) is 18.2 Å². The molecule has 0 aliphatic heterocycles. The molecule has 25 heavy (non-hydrogen) atoms. The van der Waals surface area contributed by atoms with Crippen molar-refractivity contribution in [3.63, 3.8) is 0 Å². The Bertz CT molecular complexity index is 799. The number of nitrogens with one attached hydrogen (secondary N) is 2. The molecule has 0 aromatic heterocycles. The molecule has 2 amide bonds. The van der Waals surface area contributed by atoms with E-state index >= 15 is 0 Å². The van der Waals surface area contributed by atoms with Gasteiger partial charge in [-0.05, 0) is 36.8 Å². The van der Waals surface area contributed by atoms with Gasteiger partial charge in [-0.15, -0.1) is 0 Å². The highest BCUT2D eigenvalue weighted by Gasteiger charge is 2.23. The summed E-state index contributed by atoms with van der Waals surface area (Å²) in [7, 11) is 0. The minimum absolute atomic E-state index is 0.0674. The Hall–Kier alpha value is -2.98. The normalized spacial score (nSPS) is 12.8. The minimum atomic E-state index is -1.38. The first kappa shape index (κ1) is 18.4. The van der Waals surface area contributed by atoms with Gasteiger partial charge < -0.3 is 15.7 Å². The molecule has 5 nitrogen and oxygen atoms in total. The van der Waals surface area contributed by atoms with E-state index in [1.54, 1.807) is 0 Å². The molecule has 1 unspecified atom stereocenters. The zero-order chi connectivity index (χ0) is 18.4. The Balaban J connectivity index is 1.88. The van der Waals surface area contributed by atoms with Gasteiger partial charge in [-0.2, -0.15) is 5.26 Å². The summed E-state index contributed by atoms with van der Waals surface area (Å²) in [5.41, 5.74) is -0.502. The standard InChI is InChI=1S/C18H17F2N3O2/c1-18(25,14-4-6-15(19)7-5-14)11-23-17(24)22-10-13-3-2-12(9-21)8-16(13)20/h2-8,25H,10-11H2,1H3,(H2,22,23,24). The van der Waals surface area contributed by atoms with Crippen LogP contribution >= 0.6 is 0 Å². The molecule has 0 aliphatic rings. The Kier molecular flexibility index (Phi) is 5.67. The van der Waals surface area contributed by atoms with Crippen molar-refractivity contribution in [2.75, 3.05) is 6.54 Å². The lowest BCUT2D eigenvalue weighted by Gasteiger charge is -2.24. The van der Waals surface area contributed by atoms with Crippen molar-refractivity contribution >= 4 is 6.03 Å². The molecule has 2 rings (SSSR count). The molecule has 2 aromatic carbocycles. The molecule has 0 bridgehead atoms. The summed E-state index contributed by atoms with van der Waals surface area (Å²) in [5, 5.41) is 24.0. The number of hydrogen-bond donors (Lipinski definition) is 3. The van der Waals surface area contributed by atoms with E-state index in [-0.39, 0.29) is 24.2 Å². The van der Waals surface area contributed by atoms with Crippen LogP contribution in [0.2, 0.25) is 0 Å². The van der Waals surface area contributed by atoms with Crippen LogP contribution in [0.5, 0.6) is 0 Å². The van der Waals surface area contributed by atoms with E-state index < -0.39 is 23.3 Å². The number of amides is 2. The largest absolute Gasteiger partial charge is 0.384 e. The molecule has 0 saturated carbocycles. The lowest BCUT2D eigenvalue weighted by atomic mass is 9.96. The lowest BCUT2D eigenvalue weighted by molar-refractivity contribution is 0.0593. The molecule has 0 fully saturated rings. The van der Waals surface area contributed by atoms with E-state index in [4.69, 9.17) is 5.26 Å². The molecular formula is C18H17F2N3O2. The average Bonchev–Trinajstić information content (AvgIpc) is 2.59. The Morgan fingerprint density at radius 3 is 2.48 bits per heavy atom. The van der Waals surface area contributed by atoms with Crippen LogP contribution in [0.25, 0.3) is 0 Å². The SMILES string of the molecule is CC(O)(CNC(=O)NCc1ccc(C#N)cc1F)c1ccc(F)cc1. The van der Waals surface area contributed by atoms with Gasteiger partial charge in [0.1, 0.15) is 17.2 Å². The van der Waals surface area contributed by atoms with E-state index in [0.29, 0.717) is 5.56 Å². The molecule has 0 saturated heterocycles. The second-order valence-electron chi connectivity index (χ2n) is 5.73. The van der Waals surface area contributed by atoms with E-state index in [1.807, 2.05) is 6.07 Å². The summed E-state index contributed by atoms with van der Waals surface area (Å²) in [6.07, 6.45) is 0. The topological polar surface area (TPSA) is 85.2 Å². The Morgan fingerprint density at radius 2 is 1.88 bits per heavy atom. The van der Waals surface area contributed by atoms with E-state index in [0.717, 1.165) is 6.07 Å². The van der Waals surface area contributed by atoms with Crippen LogP contribution in [0, 0.1) is 23.0 Å². The summed E-state index contributed by atoms with van der Waals surface area (Å²) in [4.78, 5) is 11.8. The minimum Gasteiger partial charge on any atom is -0.384 e. The molecule has 0 spiro atoms. The van der Waals surface area contributed by atoms with Crippen molar-refractivity contribution in [2.45, 2.75) is 19.1 Å². The average molecular weight is 345 g/mol. The summed E-state index contributed by atoms with van der Waals surface area (Å²) in [5.74, 6) is -1.01. The second kappa shape index (κ2) is 7.73. The van der Waals surface area contributed by atoms with Crippen LogP contribution in [0.1, 0.15) is 23.6 Å². The Morgan fingerprint density at radius 1 is 1.20 bits per heavy atom. The van der Waals surface area contributed by atoms with Gasteiger partial charge in [-0.25, -0.2) is 13.6 Å². The third-order valence-electron chi connectivity index (χ3n) is 3.68. The van der Waals surface area contributed by atoms with Crippen LogP contribution in [-0.4, -0.2) is 17.7 Å². The van der Waals surface area contributed by atoms with Gasteiger partial charge >= 0.3 is 6.03 Å². The highest BCUT2D eigenvalue weighted by molar-refractivity contribution is 5.73. The molecule has 2 aromatic rings. The lowest BCUT2D eigenvalue weighted by Crippen LogP contribution is -2.43. The van der Waals surface area contributed by atoms with Gasteiger partial charge in [0.2, 0.25) is 0 Å². The first-order chi connectivity index (χ1) is 11.8. The summed E-state index contributed by atoms with van der Waals surface area (Å²) in [6, 6.07) is 10.5. The smallest absolute Gasteiger partial charge is 0.315 e. The molecule has 0 aliphatic carbocycles. The Labute approximate surface area is 143 Å². The molecule has 0 radical (unpaired) electrons. The molecule has 1 atom stereocenters. The highest BCUT2D eigenvalue weighted by atomic mass is 19.1. The number of nitriles is 1. The summed E-state index contributed by atoms with van der Waals surface area (Å²) in [6.45, 7) is 1.31. The van der Waals surface area contributed by atoms with Gasteiger partial charge in [0, 0.05) is 12.1 Å². The second-order valence-corrected chi connectivity index (χ2v) is 5.73. The van der Waals surface area contributed by atoms with E-state index in [9.17, 15) is 18.7 Å². The van der Waals surface area contributed by atoms with Crippen molar-refractivity contribution in [3.8, 4) is 6.07 Å². The quantitative estimate of drug-likeness (QED) is 0.778. The van der Waals surface area contributed by atoms with Crippen molar-refractivity contribution < 1.29 is 18.7 Å². The highest BCUT2D eigenvalue weighted by Crippen LogP contribution is 2.19. The van der Waals surface area contributed by atoms with Crippen molar-refractivity contribution in [3.05, 3.63) is 70.8 Å². The van der Waals surface area contributed by atoms with Gasteiger partial charge in [0.15, 0.2) is 0 Å². The summed E-state index contributed by atoms with van der Waals surface area (Å²) < 4.78 is 26.6. The van der Waals surface area contributed by atoms with Crippen LogP contribution in [-0.2, 0) is 12.1 Å². The van der Waals surface area contributed by atoms with Crippen molar-refractivity contribution in [1.82, 2.24) is 10.6 Å². The molecule has 0 heterocycles. The van der Waals surface area contributed by atoms with Crippen LogP contribution < -0.4 is 10.6 Å². The fourth-order valence-corrected chi connectivity index (χ4v) is 2.16. The van der Waals surface area contributed by atoms with E-state index in [2.05, 4.69) is 10.6 Å². The van der Waals surface area contributed by atoms with Gasteiger partial charge in [-0.3, -0.25) is 0 Å². The zero-order valence-corrected chi connectivity index (χ0v) is 13.5. The number of benzene rings is 2. The van der Waals surface area contributed by atoms with Crippen LogP contribution in [0.4, 0.5) is 13.6 Å². The van der Waals surface area contributed by atoms with Crippen molar-refractivity contribution in [2.24, 2.45) is 0 Å². The fraction of sp³-hybridized carbons (Fsp3) is 0.222. The molecule has 3 N–H and O–H groups in total. The van der Waals surface area contributed by atoms with Crippen LogP contribution in [0.3, 0.4) is 0 Å². The molecular weight excluding hydrogens is 328 g/mol. The number of rotatable bonds is 5. The third-order valence-corrected chi connectivity index (χ3v) is 3.68. The predicted molar refractivity (Wildman–Crippen MR) is 87.3 cm³/mol. The first-order valence-corrected chi connectivity index (χ1v) is 7.50. The van der Waals surface area contributed by atoms with Gasteiger partial charge in [0.25, 0.3) is 0 Å². The summed E-state index contributed by atoms with van der Waals surface area (Å²) >= 11 is 0. The number of halogens is 2. The number of carbonyl (C=O) groups excluding carboxylic acids is 1.